The fourth-order valence-corrected chi connectivity index (χ4v) is 3.98. The molecule has 27 heavy (non-hydrogen) atoms. The maximum absolute atomic E-state index is 12.5. The first kappa shape index (κ1) is 19.9. The summed E-state index contributed by atoms with van der Waals surface area (Å²) in [4.78, 5) is 27.0. The number of aromatic amines is 1. The molecule has 1 atom stereocenters. The fraction of sp³-hybridized carbons (Fsp3) is 0.750. The second-order valence-electron chi connectivity index (χ2n) is 8.19. The van der Waals surface area contributed by atoms with Crippen molar-refractivity contribution in [3.8, 4) is 0 Å². The molecule has 1 aromatic rings. The average molecular weight is 376 g/mol. The van der Waals surface area contributed by atoms with Crippen LogP contribution in [-0.4, -0.2) is 52.6 Å². The summed E-state index contributed by atoms with van der Waals surface area (Å²) in [6.07, 6.45) is 6.94. The molecule has 2 heterocycles. The highest BCUT2D eigenvalue weighted by Gasteiger charge is 2.31. The first-order valence-electron chi connectivity index (χ1n) is 10.4. The van der Waals surface area contributed by atoms with Crippen molar-refractivity contribution in [2.24, 2.45) is 5.92 Å². The highest BCUT2D eigenvalue weighted by Crippen LogP contribution is 2.21. The monoisotopic (exact) mass is 375 g/mol. The zero-order valence-corrected chi connectivity index (χ0v) is 16.6. The molecule has 150 valence electrons. The van der Waals surface area contributed by atoms with Crippen LogP contribution in [0.5, 0.6) is 0 Å². The second kappa shape index (κ2) is 9.35. The molecule has 3 rings (SSSR count). The Morgan fingerprint density at radius 3 is 2.93 bits per heavy atom. The Morgan fingerprint density at radius 2 is 2.11 bits per heavy atom. The normalized spacial score (nSPS) is 20.9. The maximum Gasteiger partial charge on any atom is 0.237 e. The minimum Gasteiger partial charge on any atom is -0.353 e. The highest BCUT2D eigenvalue weighted by molar-refractivity contribution is 5.88. The number of aromatic nitrogens is 2. The van der Waals surface area contributed by atoms with E-state index >= 15 is 0 Å². The van der Waals surface area contributed by atoms with Gasteiger partial charge in [-0.15, -0.1) is 0 Å². The molecule has 1 saturated heterocycles. The van der Waals surface area contributed by atoms with Crippen LogP contribution in [-0.2, 0) is 29.0 Å². The minimum atomic E-state index is -0.367. The molecule has 2 amide bonds. The van der Waals surface area contributed by atoms with Gasteiger partial charge in [-0.25, -0.2) is 0 Å². The number of amides is 2. The molecule has 1 fully saturated rings. The Morgan fingerprint density at radius 1 is 1.30 bits per heavy atom. The van der Waals surface area contributed by atoms with Gasteiger partial charge in [-0.3, -0.25) is 19.6 Å². The number of hydrogen-bond donors (Lipinski definition) is 3. The number of rotatable bonds is 7. The third-order valence-corrected chi connectivity index (χ3v) is 5.66. The molecule has 2 aliphatic rings. The number of nitrogens with one attached hydrogen (secondary N) is 3. The van der Waals surface area contributed by atoms with E-state index in [0.29, 0.717) is 19.0 Å². The second-order valence-corrected chi connectivity index (χ2v) is 8.19. The molecular weight excluding hydrogens is 342 g/mol. The van der Waals surface area contributed by atoms with Crippen molar-refractivity contribution in [1.82, 2.24) is 25.7 Å². The Labute approximate surface area is 161 Å². The van der Waals surface area contributed by atoms with Gasteiger partial charge in [0.2, 0.25) is 11.8 Å². The van der Waals surface area contributed by atoms with Crippen LogP contribution in [0.2, 0.25) is 0 Å². The van der Waals surface area contributed by atoms with Gasteiger partial charge in [0.25, 0.3) is 0 Å². The quantitative estimate of drug-likeness (QED) is 0.631. The van der Waals surface area contributed by atoms with Crippen LogP contribution in [0.3, 0.4) is 0 Å². The summed E-state index contributed by atoms with van der Waals surface area (Å²) < 4.78 is 0. The predicted molar refractivity (Wildman–Crippen MR) is 104 cm³/mol. The summed E-state index contributed by atoms with van der Waals surface area (Å²) in [5.41, 5.74) is 3.45. The number of piperazine rings is 1. The molecule has 0 radical (unpaired) electrons. The third-order valence-electron chi connectivity index (χ3n) is 5.66. The SMILES string of the molecule is CC(C)CCN1CCNC(=O)[C@@H]1CC(=O)NCc1n[nH]c2c1CCCCC2. The molecule has 0 spiro atoms. The number of hydrogen-bond acceptors (Lipinski definition) is 4. The van der Waals surface area contributed by atoms with E-state index in [9.17, 15) is 9.59 Å². The van der Waals surface area contributed by atoms with Crippen LogP contribution >= 0.6 is 0 Å². The van der Waals surface area contributed by atoms with Crippen molar-refractivity contribution in [3.63, 3.8) is 0 Å². The van der Waals surface area contributed by atoms with E-state index in [0.717, 1.165) is 38.0 Å². The van der Waals surface area contributed by atoms with Crippen molar-refractivity contribution < 1.29 is 9.59 Å². The van der Waals surface area contributed by atoms with Gasteiger partial charge in [0.1, 0.15) is 0 Å². The number of fused-ring (bicyclic) bond motifs is 1. The molecular formula is C20H33N5O2. The van der Waals surface area contributed by atoms with Crippen molar-refractivity contribution >= 4 is 11.8 Å². The van der Waals surface area contributed by atoms with Crippen LogP contribution in [0.15, 0.2) is 0 Å². The summed E-state index contributed by atoms with van der Waals surface area (Å²) in [7, 11) is 0. The minimum absolute atomic E-state index is 0.0335. The lowest BCUT2D eigenvalue weighted by Crippen LogP contribution is -2.56. The number of nitrogens with zero attached hydrogens (tertiary/aromatic N) is 2. The maximum atomic E-state index is 12.5. The van der Waals surface area contributed by atoms with Crippen molar-refractivity contribution in [2.75, 3.05) is 19.6 Å². The number of aryl methyl sites for hydroxylation is 1. The summed E-state index contributed by atoms with van der Waals surface area (Å²) in [6.45, 7) is 7.12. The van der Waals surface area contributed by atoms with Gasteiger partial charge in [-0.05, 0) is 50.1 Å². The van der Waals surface area contributed by atoms with Gasteiger partial charge in [0, 0.05) is 18.8 Å². The van der Waals surface area contributed by atoms with Crippen LogP contribution in [0, 0.1) is 5.92 Å². The molecule has 1 aromatic heterocycles. The summed E-state index contributed by atoms with van der Waals surface area (Å²) in [5, 5.41) is 13.4. The molecule has 0 unspecified atom stereocenters. The van der Waals surface area contributed by atoms with Gasteiger partial charge in [0.05, 0.1) is 24.7 Å². The van der Waals surface area contributed by atoms with E-state index in [-0.39, 0.29) is 24.3 Å². The summed E-state index contributed by atoms with van der Waals surface area (Å²) in [6, 6.07) is -0.367. The third kappa shape index (κ3) is 5.31. The molecule has 1 aliphatic heterocycles. The molecule has 1 aliphatic carbocycles. The van der Waals surface area contributed by atoms with Gasteiger partial charge < -0.3 is 10.6 Å². The van der Waals surface area contributed by atoms with Crippen LogP contribution < -0.4 is 10.6 Å². The summed E-state index contributed by atoms with van der Waals surface area (Å²) >= 11 is 0. The molecule has 0 bridgehead atoms. The molecule has 3 N–H and O–H groups in total. The van der Waals surface area contributed by atoms with E-state index in [1.807, 2.05) is 0 Å². The van der Waals surface area contributed by atoms with Crippen LogP contribution in [0.1, 0.15) is 62.9 Å². The Hall–Kier alpha value is -1.89. The van der Waals surface area contributed by atoms with E-state index in [4.69, 9.17) is 0 Å². The smallest absolute Gasteiger partial charge is 0.237 e. The lowest BCUT2D eigenvalue weighted by molar-refractivity contribution is -0.134. The largest absolute Gasteiger partial charge is 0.353 e. The van der Waals surface area contributed by atoms with E-state index in [2.05, 4.69) is 39.6 Å². The zero-order chi connectivity index (χ0) is 19.2. The lowest BCUT2D eigenvalue weighted by atomic mass is 10.0. The van der Waals surface area contributed by atoms with Gasteiger partial charge >= 0.3 is 0 Å². The van der Waals surface area contributed by atoms with Gasteiger partial charge in [-0.1, -0.05) is 20.3 Å². The van der Waals surface area contributed by atoms with Gasteiger partial charge in [0.15, 0.2) is 0 Å². The van der Waals surface area contributed by atoms with Crippen LogP contribution in [0.25, 0.3) is 0 Å². The topological polar surface area (TPSA) is 90.1 Å². The van der Waals surface area contributed by atoms with E-state index in [1.165, 1.54) is 30.5 Å². The first-order valence-corrected chi connectivity index (χ1v) is 10.4. The standard InChI is InChI=1S/C20H33N5O2/c1-14(2)8-10-25-11-9-21-20(27)18(25)12-19(26)22-13-17-15-6-4-3-5-7-16(15)23-24-17/h14,18H,3-13H2,1-2H3,(H,21,27)(H,22,26)(H,23,24)/t18-/m0/s1. The fourth-order valence-electron chi connectivity index (χ4n) is 3.98. The molecule has 7 heteroatoms. The molecule has 0 aromatic carbocycles. The molecule has 7 nitrogen and oxygen atoms in total. The lowest BCUT2D eigenvalue weighted by Gasteiger charge is -2.35. The number of H-pyrrole nitrogens is 1. The zero-order valence-electron chi connectivity index (χ0n) is 16.6. The van der Waals surface area contributed by atoms with E-state index in [1.54, 1.807) is 0 Å². The Balaban J connectivity index is 1.54. The summed E-state index contributed by atoms with van der Waals surface area (Å²) in [5.74, 6) is 0.463. The van der Waals surface area contributed by atoms with Crippen LogP contribution in [0.4, 0.5) is 0 Å². The van der Waals surface area contributed by atoms with Crippen molar-refractivity contribution in [2.45, 2.75) is 71.4 Å². The average Bonchev–Trinajstić information content (AvgIpc) is 2.86. The van der Waals surface area contributed by atoms with Crippen molar-refractivity contribution in [1.29, 1.82) is 0 Å². The number of carbonyl (C=O) groups excluding carboxylic acids is 2. The predicted octanol–water partition coefficient (Wildman–Crippen LogP) is 1.53. The van der Waals surface area contributed by atoms with Crippen molar-refractivity contribution in [3.05, 3.63) is 17.0 Å². The number of carbonyl (C=O) groups is 2. The highest BCUT2D eigenvalue weighted by atomic mass is 16.2. The Bertz CT molecular complexity index is 655. The van der Waals surface area contributed by atoms with Gasteiger partial charge in [-0.2, -0.15) is 5.10 Å². The Kier molecular flexibility index (Phi) is 6.88. The van der Waals surface area contributed by atoms with E-state index < -0.39 is 0 Å². The first-order chi connectivity index (χ1) is 13.0. The molecule has 0 saturated carbocycles.